The van der Waals surface area contributed by atoms with Crippen LogP contribution in [-0.4, -0.2) is 36.3 Å². The first-order valence-electron chi connectivity index (χ1n) is 7.45. The van der Waals surface area contributed by atoms with Gasteiger partial charge in [-0.15, -0.1) is 11.3 Å². The van der Waals surface area contributed by atoms with Gasteiger partial charge < -0.3 is 14.9 Å². The molecule has 0 unspecified atom stereocenters. The third kappa shape index (κ3) is 3.19. The molecule has 0 radical (unpaired) electrons. The Balaban J connectivity index is 1.61. The van der Waals surface area contributed by atoms with Crippen LogP contribution in [0.1, 0.15) is 25.0 Å². The second-order valence-electron chi connectivity index (χ2n) is 5.30. The molecule has 0 bridgehead atoms. The first-order valence-corrected chi connectivity index (χ1v) is 8.33. The van der Waals surface area contributed by atoms with Gasteiger partial charge in [-0.2, -0.15) is 0 Å². The maximum Gasteiger partial charge on any atom is 0.185 e. The van der Waals surface area contributed by atoms with Crippen molar-refractivity contribution in [2.24, 2.45) is 0 Å². The number of thiazole rings is 1. The molecule has 4 nitrogen and oxygen atoms in total. The second-order valence-corrected chi connectivity index (χ2v) is 6.18. The van der Waals surface area contributed by atoms with E-state index in [-0.39, 0.29) is 6.10 Å². The summed E-state index contributed by atoms with van der Waals surface area (Å²) in [4.78, 5) is 9.11. The lowest BCUT2D eigenvalue weighted by atomic mass is 10.1. The molecule has 1 atom stereocenters. The summed E-state index contributed by atoms with van der Waals surface area (Å²) >= 11 is 1.70. The van der Waals surface area contributed by atoms with Gasteiger partial charge in [-0.25, -0.2) is 4.98 Å². The van der Waals surface area contributed by atoms with Gasteiger partial charge in [0, 0.05) is 43.4 Å². The van der Waals surface area contributed by atoms with E-state index in [0.717, 1.165) is 43.3 Å². The summed E-state index contributed by atoms with van der Waals surface area (Å²) in [6.45, 7) is 6.03. The van der Waals surface area contributed by atoms with Crippen molar-refractivity contribution in [3.8, 4) is 0 Å². The molecule has 1 aromatic carbocycles. The van der Waals surface area contributed by atoms with Gasteiger partial charge in [0.1, 0.15) is 0 Å². The van der Waals surface area contributed by atoms with E-state index in [2.05, 4.69) is 26.9 Å². The fourth-order valence-electron chi connectivity index (χ4n) is 2.67. The van der Waals surface area contributed by atoms with E-state index in [0.29, 0.717) is 0 Å². The first-order chi connectivity index (χ1) is 10.3. The first kappa shape index (κ1) is 14.4. The second kappa shape index (κ2) is 6.45. The van der Waals surface area contributed by atoms with Gasteiger partial charge in [0.15, 0.2) is 5.13 Å². The number of piperazine rings is 1. The summed E-state index contributed by atoms with van der Waals surface area (Å²) in [5.74, 6) is 0. The third-order valence-corrected chi connectivity index (χ3v) is 4.83. The molecule has 1 aromatic heterocycles. The highest BCUT2D eigenvalue weighted by molar-refractivity contribution is 7.13. The van der Waals surface area contributed by atoms with Crippen LogP contribution >= 0.6 is 11.3 Å². The number of benzene rings is 1. The summed E-state index contributed by atoms with van der Waals surface area (Å²) in [7, 11) is 0. The molecule has 1 aliphatic rings. The van der Waals surface area contributed by atoms with Crippen molar-refractivity contribution in [2.45, 2.75) is 19.4 Å². The highest BCUT2D eigenvalue weighted by Gasteiger charge is 2.19. The van der Waals surface area contributed by atoms with Gasteiger partial charge in [0.25, 0.3) is 0 Å². The number of anilines is 2. The topological polar surface area (TPSA) is 39.6 Å². The molecular formula is C16H21N3OS. The molecule has 0 spiro atoms. The highest BCUT2D eigenvalue weighted by Crippen LogP contribution is 2.24. The zero-order valence-electron chi connectivity index (χ0n) is 12.3. The molecule has 3 rings (SSSR count). The van der Waals surface area contributed by atoms with Crippen LogP contribution in [0, 0.1) is 0 Å². The minimum atomic E-state index is -0.346. The summed E-state index contributed by atoms with van der Waals surface area (Å²) < 4.78 is 0. The van der Waals surface area contributed by atoms with E-state index in [1.165, 1.54) is 5.69 Å². The van der Waals surface area contributed by atoms with Crippen LogP contribution in [0.2, 0.25) is 0 Å². The Bertz CT molecular complexity index is 547. The average Bonchev–Trinajstić information content (AvgIpc) is 3.09. The smallest absolute Gasteiger partial charge is 0.185 e. The quantitative estimate of drug-likeness (QED) is 0.943. The highest BCUT2D eigenvalue weighted by atomic mass is 32.1. The van der Waals surface area contributed by atoms with Crippen molar-refractivity contribution >= 4 is 22.2 Å². The molecule has 2 aromatic rings. The number of hydrogen-bond acceptors (Lipinski definition) is 5. The maximum atomic E-state index is 9.84. The van der Waals surface area contributed by atoms with Crippen LogP contribution < -0.4 is 9.80 Å². The van der Waals surface area contributed by atoms with Crippen molar-refractivity contribution in [2.75, 3.05) is 36.0 Å². The predicted octanol–water partition coefficient (Wildman–Crippen LogP) is 2.91. The molecule has 112 valence electrons. The monoisotopic (exact) mass is 303 g/mol. The number of aliphatic hydroxyl groups is 1. The Morgan fingerprint density at radius 2 is 1.81 bits per heavy atom. The Hall–Kier alpha value is -1.59. The van der Waals surface area contributed by atoms with Crippen LogP contribution in [0.3, 0.4) is 0 Å². The van der Waals surface area contributed by atoms with E-state index < -0.39 is 0 Å². The van der Waals surface area contributed by atoms with Crippen LogP contribution in [0.15, 0.2) is 35.8 Å². The van der Waals surface area contributed by atoms with E-state index in [9.17, 15) is 5.11 Å². The molecule has 0 saturated carbocycles. The number of aliphatic hydroxyl groups excluding tert-OH is 1. The van der Waals surface area contributed by atoms with Gasteiger partial charge in [-0.05, 0) is 24.1 Å². The zero-order valence-corrected chi connectivity index (χ0v) is 13.1. The minimum absolute atomic E-state index is 0.346. The van der Waals surface area contributed by atoms with Crippen LogP contribution in [0.5, 0.6) is 0 Å². The van der Waals surface area contributed by atoms with E-state index in [1.807, 2.05) is 30.6 Å². The van der Waals surface area contributed by atoms with E-state index in [1.54, 1.807) is 11.3 Å². The zero-order chi connectivity index (χ0) is 14.7. The van der Waals surface area contributed by atoms with Gasteiger partial charge >= 0.3 is 0 Å². The van der Waals surface area contributed by atoms with Crippen molar-refractivity contribution in [3.05, 3.63) is 41.4 Å². The Kier molecular flexibility index (Phi) is 4.41. The van der Waals surface area contributed by atoms with Gasteiger partial charge in [0.05, 0.1) is 6.10 Å². The van der Waals surface area contributed by atoms with Crippen molar-refractivity contribution in [1.29, 1.82) is 0 Å². The number of rotatable bonds is 4. The number of aromatic nitrogens is 1. The van der Waals surface area contributed by atoms with Crippen molar-refractivity contribution < 1.29 is 5.11 Å². The fourth-order valence-corrected chi connectivity index (χ4v) is 3.37. The number of hydrogen-bond donors (Lipinski definition) is 1. The third-order valence-electron chi connectivity index (χ3n) is 4.00. The summed E-state index contributed by atoms with van der Waals surface area (Å²) in [6, 6.07) is 8.31. The van der Waals surface area contributed by atoms with Gasteiger partial charge in [-0.3, -0.25) is 0 Å². The molecule has 0 aliphatic carbocycles. The largest absolute Gasteiger partial charge is 0.388 e. The van der Waals surface area contributed by atoms with Crippen LogP contribution in [0.25, 0.3) is 0 Å². The normalized spacial score (nSPS) is 17.0. The molecule has 0 amide bonds. The SMILES string of the molecule is CC[C@@H](O)c1ccc(N2CCN(c3nccs3)CC2)cc1. The number of nitrogens with zero attached hydrogens (tertiary/aromatic N) is 3. The molecule has 2 heterocycles. The van der Waals surface area contributed by atoms with E-state index in [4.69, 9.17) is 0 Å². The predicted molar refractivity (Wildman–Crippen MR) is 88.2 cm³/mol. The Labute approximate surface area is 129 Å². The van der Waals surface area contributed by atoms with E-state index >= 15 is 0 Å². The van der Waals surface area contributed by atoms with Crippen LogP contribution in [0.4, 0.5) is 10.8 Å². The van der Waals surface area contributed by atoms with Crippen LogP contribution in [-0.2, 0) is 0 Å². The molecule has 1 fully saturated rings. The van der Waals surface area contributed by atoms with Crippen molar-refractivity contribution in [1.82, 2.24) is 4.98 Å². The standard InChI is InChI=1S/C16H21N3OS/c1-2-15(20)13-3-5-14(6-4-13)18-8-10-19(11-9-18)16-17-7-12-21-16/h3-7,12,15,20H,2,8-11H2,1H3/t15-/m1/s1. The van der Waals surface area contributed by atoms with Gasteiger partial charge in [-0.1, -0.05) is 19.1 Å². The Morgan fingerprint density at radius 1 is 1.14 bits per heavy atom. The molecule has 5 heteroatoms. The molecular weight excluding hydrogens is 282 g/mol. The lowest BCUT2D eigenvalue weighted by Gasteiger charge is -2.36. The minimum Gasteiger partial charge on any atom is -0.388 e. The molecule has 1 aliphatic heterocycles. The van der Waals surface area contributed by atoms with Crippen molar-refractivity contribution in [3.63, 3.8) is 0 Å². The summed E-state index contributed by atoms with van der Waals surface area (Å²) in [5, 5.41) is 13.0. The lowest BCUT2D eigenvalue weighted by Crippen LogP contribution is -2.46. The summed E-state index contributed by atoms with van der Waals surface area (Å²) in [6.07, 6.45) is 2.27. The molecule has 1 saturated heterocycles. The summed E-state index contributed by atoms with van der Waals surface area (Å²) in [5.41, 5.74) is 2.24. The fraction of sp³-hybridized carbons (Fsp3) is 0.438. The average molecular weight is 303 g/mol. The molecule has 1 N–H and O–H groups in total. The maximum absolute atomic E-state index is 9.84. The molecule has 21 heavy (non-hydrogen) atoms. The lowest BCUT2D eigenvalue weighted by molar-refractivity contribution is 0.173. The van der Waals surface area contributed by atoms with Gasteiger partial charge in [0.2, 0.25) is 0 Å². The Morgan fingerprint density at radius 3 is 2.38 bits per heavy atom.